The molecule has 0 amide bonds. The summed E-state index contributed by atoms with van der Waals surface area (Å²) in [6.45, 7) is 6.92. The molecule has 7 nitrogen and oxygen atoms in total. The summed E-state index contributed by atoms with van der Waals surface area (Å²) in [5, 5.41) is 10.9. The zero-order valence-corrected chi connectivity index (χ0v) is 24.2. The molecule has 0 bridgehead atoms. The maximum Gasteiger partial charge on any atom is 0.416 e. The minimum absolute atomic E-state index is 0.0259. The predicted molar refractivity (Wildman–Crippen MR) is 144 cm³/mol. The number of halogens is 6. The number of cyclic esters (lactones) is 1. The highest BCUT2D eigenvalue weighted by molar-refractivity contribution is 5.97. The Bertz CT molecular complexity index is 1570. The van der Waals surface area contributed by atoms with Gasteiger partial charge >= 0.3 is 24.3 Å². The van der Waals surface area contributed by atoms with E-state index in [1.807, 2.05) is 20.8 Å². The number of hydrogen-bond donors (Lipinski definition) is 1. The Balaban J connectivity index is 1.79. The molecule has 0 fully saturated rings. The van der Waals surface area contributed by atoms with Gasteiger partial charge in [0.05, 0.1) is 29.9 Å². The van der Waals surface area contributed by atoms with Crippen molar-refractivity contribution in [1.82, 2.24) is 0 Å². The van der Waals surface area contributed by atoms with E-state index in [-0.39, 0.29) is 63.3 Å². The number of carbonyl (C=O) groups excluding carboxylic acids is 2. The highest BCUT2D eigenvalue weighted by atomic mass is 19.4. The molecule has 0 radical (unpaired) electrons. The molecule has 1 heterocycles. The molecule has 0 unspecified atom stereocenters. The zero-order valence-electron chi connectivity index (χ0n) is 24.2. The van der Waals surface area contributed by atoms with Crippen molar-refractivity contribution in [2.24, 2.45) is 5.41 Å². The van der Waals surface area contributed by atoms with E-state index in [1.54, 1.807) is 6.92 Å². The Kier molecular flexibility index (Phi) is 8.67. The Morgan fingerprint density at radius 1 is 0.977 bits per heavy atom. The van der Waals surface area contributed by atoms with Gasteiger partial charge in [0.2, 0.25) is 0 Å². The van der Waals surface area contributed by atoms with Gasteiger partial charge in [0.15, 0.2) is 11.5 Å². The number of alkyl halides is 6. The molecule has 1 atom stereocenters. The van der Waals surface area contributed by atoms with Crippen LogP contribution in [-0.4, -0.2) is 24.2 Å². The molecule has 1 aliphatic heterocycles. The Morgan fingerprint density at radius 3 is 2.14 bits per heavy atom. The first kappa shape index (κ1) is 32.6. The normalized spacial score (nSPS) is 14.3. The average molecular weight is 627 g/mol. The molecule has 4 rings (SSSR count). The summed E-state index contributed by atoms with van der Waals surface area (Å²) >= 11 is 0. The van der Waals surface area contributed by atoms with Crippen molar-refractivity contribution in [3.05, 3.63) is 81.4 Å². The molecule has 0 saturated heterocycles. The van der Waals surface area contributed by atoms with Crippen LogP contribution >= 0.6 is 0 Å². The van der Waals surface area contributed by atoms with E-state index in [2.05, 4.69) is 0 Å². The molecular formula is C31H28F6O7. The quantitative estimate of drug-likeness (QED) is 0.173. The van der Waals surface area contributed by atoms with Gasteiger partial charge in [-0.15, -0.1) is 0 Å². The lowest BCUT2D eigenvalue weighted by Gasteiger charge is -2.26. The average Bonchev–Trinajstić information content (AvgIpc) is 2.89. The van der Waals surface area contributed by atoms with E-state index in [1.165, 1.54) is 31.4 Å². The van der Waals surface area contributed by atoms with E-state index < -0.39 is 53.7 Å². The van der Waals surface area contributed by atoms with Crippen LogP contribution in [0.5, 0.6) is 23.0 Å². The van der Waals surface area contributed by atoms with Gasteiger partial charge in [-0.05, 0) is 66.8 Å². The maximum absolute atomic E-state index is 13.4. The fourth-order valence-corrected chi connectivity index (χ4v) is 4.70. The molecule has 0 aromatic heterocycles. The summed E-state index contributed by atoms with van der Waals surface area (Å²) in [6, 6.07) is 6.07. The number of hydrogen-bond acceptors (Lipinski definition) is 7. The van der Waals surface area contributed by atoms with Crippen LogP contribution in [0.2, 0.25) is 0 Å². The first-order chi connectivity index (χ1) is 20.3. The van der Waals surface area contributed by atoms with E-state index in [0.29, 0.717) is 12.0 Å². The first-order valence-electron chi connectivity index (χ1n) is 13.2. The van der Waals surface area contributed by atoms with Crippen LogP contribution in [0.4, 0.5) is 26.3 Å². The second kappa shape index (κ2) is 11.7. The van der Waals surface area contributed by atoms with Gasteiger partial charge in [-0.2, -0.15) is 26.3 Å². The smallest absolute Gasteiger partial charge is 0.416 e. The summed E-state index contributed by atoms with van der Waals surface area (Å²) in [5.41, 5.74) is -3.92. The van der Waals surface area contributed by atoms with Crippen molar-refractivity contribution >= 4 is 11.9 Å². The van der Waals surface area contributed by atoms with Gasteiger partial charge in [-0.3, -0.25) is 0 Å². The van der Waals surface area contributed by atoms with Crippen LogP contribution in [0.1, 0.15) is 81.8 Å². The van der Waals surface area contributed by atoms with Crippen LogP contribution in [-0.2, 0) is 23.7 Å². The van der Waals surface area contributed by atoms with Crippen LogP contribution < -0.4 is 14.2 Å². The fraction of sp³-hybridized carbons (Fsp3) is 0.355. The monoisotopic (exact) mass is 626 g/mol. The molecule has 0 spiro atoms. The number of aryl methyl sites for hydroxylation is 1. The number of rotatable bonds is 5. The first-order valence-corrected chi connectivity index (χ1v) is 13.2. The summed E-state index contributed by atoms with van der Waals surface area (Å²) in [7, 11) is 1.28. The lowest BCUT2D eigenvalue weighted by atomic mass is 9.86. The fourth-order valence-electron chi connectivity index (χ4n) is 4.70. The number of carbonyl (C=O) groups is 2. The van der Waals surface area contributed by atoms with Gasteiger partial charge in [-0.25, -0.2) is 9.59 Å². The predicted octanol–water partition coefficient (Wildman–Crippen LogP) is 8.19. The van der Waals surface area contributed by atoms with Gasteiger partial charge in [0.1, 0.15) is 23.7 Å². The van der Waals surface area contributed by atoms with Crippen LogP contribution in [0.15, 0.2) is 42.5 Å². The molecule has 0 saturated carbocycles. The third-order valence-corrected chi connectivity index (χ3v) is 6.60. The second-order valence-corrected chi connectivity index (χ2v) is 11.5. The van der Waals surface area contributed by atoms with Crippen molar-refractivity contribution < 1.29 is 60.0 Å². The number of aliphatic hydroxyl groups excluding tert-OH is 1. The van der Waals surface area contributed by atoms with E-state index in [9.17, 15) is 41.0 Å². The molecule has 13 heteroatoms. The molecule has 44 heavy (non-hydrogen) atoms. The standard InChI is InChI=1S/C31H28F6O7/c1-15-8-17-14-42-28(40)24-22(7-6-20(26(24)41-5)21(38)13-29(2,3)4)43-25(17)23(9-15)44-27(39)16-10-18(30(32,33)34)12-19(11-16)31(35,36)37/h6-12,21,38H,13-14H2,1-5H3/t21-/m0/s1. The van der Waals surface area contributed by atoms with Crippen LogP contribution in [0.25, 0.3) is 0 Å². The largest absolute Gasteiger partial charge is 0.495 e. The lowest BCUT2D eigenvalue weighted by Crippen LogP contribution is -2.18. The van der Waals surface area contributed by atoms with Gasteiger partial charge in [0.25, 0.3) is 0 Å². The molecule has 1 N–H and O–H groups in total. The van der Waals surface area contributed by atoms with Crippen molar-refractivity contribution in [3.8, 4) is 23.0 Å². The molecule has 3 aromatic rings. The number of fused-ring (bicyclic) bond motifs is 2. The topological polar surface area (TPSA) is 91.3 Å². The number of benzene rings is 3. The summed E-state index contributed by atoms with van der Waals surface area (Å²) < 4.78 is 102. The third kappa shape index (κ3) is 7.09. The Morgan fingerprint density at radius 2 is 1.59 bits per heavy atom. The van der Waals surface area contributed by atoms with E-state index in [4.69, 9.17) is 18.9 Å². The molecular weight excluding hydrogens is 598 g/mol. The number of esters is 2. The van der Waals surface area contributed by atoms with Crippen molar-refractivity contribution in [2.75, 3.05) is 7.11 Å². The molecule has 3 aromatic carbocycles. The molecule has 236 valence electrons. The van der Waals surface area contributed by atoms with Gasteiger partial charge < -0.3 is 24.1 Å². The number of ether oxygens (including phenoxy) is 4. The summed E-state index contributed by atoms with van der Waals surface area (Å²) in [6.07, 6.45) is -11.1. The lowest BCUT2D eigenvalue weighted by molar-refractivity contribution is -0.143. The number of aliphatic hydroxyl groups is 1. The third-order valence-electron chi connectivity index (χ3n) is 6.60. The highest BCUT2D eigenvalue weighted by Crippen LogP contribution is 2.45. The molecule has 1 aliphatic rings. The molecule has 0 aliphatic carbocycles. The van der Waals surface area contributed by atoms with Gasteiger partial charge in [-0.1, -0.05) is 20.8 Å². The van der Waals surface area contributed by atoms with E-state index >= 15 is 0 Å². The minimum Gasteiger partial charge on any atom is -0.495 e. The van der Waals surface area contributed by atoms with E-state index in [0.717, 1.165) is 0 Å². The van der Waals surface area contributed by atoms with Crippen LogP contribution in [0.3, 0.4) is 0 Å². The zero-order chi connectivity index (χ0) is 32.8. The Labute approximate surface area is 248 Å². The number of methoxy groups -OCH3 is 1. The second-order valence-electron chi connectivity index (χ2n) is 11.5. The minimum atomic E-state index is -5.18. The maximum atomic E-state index is 13.4. The Hall–Kier alpha value is -4.26. The van der Waals surface area contributed by atoms with Crippen molar-refractivity contribution in [1.29, 1.82) is 0 Å². The van der Waals surface area contributed by atoms with Crippen molar-refractivity contribution in [2.45, 2.75) is 59.2 Å². The highest BCUT2D eigenvalue weighted by Gasteiger charge is 2.38. The summed E-state index contributed by atoms with van der Waals surface area (Å²) in [5.74, 6) is -3.05. The van der Waals surface area contributed by atoms with Crippen molar-refractivity contribution in [3.63, 3.8) is 0 Å². The van der Waals surface area contributed by atoms with Gasteiger partial charge in [0, 0.05) is 11.1 Å². The van der Waals surface area contributed by atoms with Crippen LogP contribution in [0, 0.1) is 12.3 Å². The summed E-state index contributed by atoms with van der Waals surface area (Å²) in [4.78, 5) is 26.1. The SMILES string of the molecule is COc1c([C@@H](O)CC(C)(C)C)ccc2c1C(=O)OCc1cc(C)cc(OC(=O)c3cc(C(F)(F)F)cc(C(F)(F)F)c3)c1O2.